The number of anilines is 1. The van der Waals surface area contributed by atoms with E-state index in [2.05, 4.69) is 15.0 Å². The standard InChI is InChI=1S/C18H22N6O2/c1-21-11-16(25)24(15-9-20-22(2)10-15)13-18(21)5-7-23(12-18)17(26)14-4-3-6-19-8-14/h3-4,6,8-10H,5,7,11-13H2,1-2H3/t18-/m1/s1. The number of rotatable bonds is 2. The highest BCUT2D eigenvalue weighted by Gasteiger charge is 2.48. The van der Waals surface area contributed by atoms with Gasteiger partial charge in [-0.15, -0.1) is 0 Å². The third-order valence-corrected chi connectivity index (χ3v) is 5.47. The van der Waals surface area contributed by atoms with Crippen molar-refractivity contribution >= 4 is 17.5 Å². The summed E-state index contributed by atoms with van der Waals surface area (Å²) in [6.45, 7) is 2.17. The first-order valence-corrected chi connectivity index (χ1v) is 8.68. The number of aryl methyl sites for hydroxylation is 1. The molecular weight excluding hydrogens is 332 g/mol. The van der Waals surface area contributed by atoms with Gasteiger partial charge in [-0.3, -0.25) is 24.2 Å². The molecule has 0 aliphatic carbocycles. The van der Waals surface area contributed by atoms with Gasteiger partial charge in [-0.1, -0.05) is 0 Å². The Morgan fingerprint density at radius 1 is 1.23 bits per heavy atom. The highest BCUT2D eigenvalue weighted by Crippen LogP contribution is 2.33. The van der Waals surface area contributed by atoms with Gasteiger partial charge in [-0.2, -0.15) is 5.10 Å². The number of likely N-dealkylation sites (tertiary alicyclic amines) is 1. The zero-order valence-electron chi connectivity index (χ0n) is 15.0. The van der Waals surface area contributed by atoms with Crippen LogP contribution in [0.1, 0.15) is 16.8 Å². The Hall–Kier alpha value is -2.74. The third kappa shape index (κ3) is 2.76. The lowest BCUT2D eigenvalue weighted by Crippen LogP contribution is -2.64. The minimum Gasteiger partial charge on any atom is -0.337 e. The number of hydrogen-bond donors (Lipinski definition) is 0. The lowest BCUT2D eigenvalue weighted by molar-refractivity contribution is -0.123. The van der Waals surface area contributed by atoms with Crippen LogP contribution in [0.4, 0.5) is 5.69 Å². The van der Waals surface area contributed by atoms with E-state index in [1.54, 1.807) is 40.3 Å². The number of carbonyl (C=O) groups excluding carboxylic acids is 2. The normalized spacial score (nSPS) is 23.8. The summed E-state index contributed by atoms with van der Waals surface area (Å²) in [5.74, 6) is 0.0522. The summed E-state index contributed by atoms with van der Waals surface area (Å²) in [5.41, 5.74) is 1.17. The molecule has 0 bridgehead atoms. The number of aromatic nitrogens is 3. The van der Waals surface area contributed by atoms with E-state index in [1.165, 1.54) is 0 Å². The second kappa shape index (κ2) is 6.21. The van der Waals surface area contributed by atoms with Gasteiger partial charge < -0.3 is 9.80 Å². The minimum absolute atomic E-state index is 0.00629. The van der Waals surface area contributed by atoms with Crippen LogP contribution >= 0.6 is 0 Å². The largest absolute Gasteiger partial charge is 0.337 e. The summed E-state index contributed by atoms with van der Waals surface area (Å²) in [5, 5.41) is 4.18. The van der Waals surface area contributed by atoms with Crippen LogP contribution in [0.5, 0.6) is 0 Å². The van der Waals surface area contributed by atoms with Crippen LogP contribution in [0, 0.1) is 0 Å². The Bertz CT molecular complexity index is 835. The van der Waals surface area contributed by atoms with E-state index in [-0.39, 0.29) is 17.4 Å². The fraction of sp³-hybridized carbons (Fsp3) is 0.444. The van der Waals surface area contributed by atoms with E-state index in [1.807, 2.05) is 25.2 Å². The second-order valence-corrected chi connectivity index (χ2v) is 7.15. The maximum Gasteiger partial charge on any atom is 0.255 e. The van der Waals surface area contributed by atoms with Crippen molar-refractivity contribution in [3.05, 3.63) is 42.5 Å². The van der Waals surface area contributed by atoms with Gasteiger partial charge in [0.15, 0.2) is 0 Å². The van der Waals surface area contributed by atoms with Crippen molar-refractivity contribution in [2.75, 3.05) is 38.1 Å². The zero-order valence-corrected chi connectivity index (χ0v) is 15.0. The van der Waals surface area contributed by atoms with Crippen LogP contribution in [0.25, 0.3) is 0 Å². The molecule has 2 aliphatic heterocycles. The van der Waals surface area contributed by atoms with Crippen LogP contribution in [-0.2, 0) is 11.8 Å². The molecule has 2 fully saturated rings. The van der Waals surface area contributed by atoms with E-state index in [9.17, 15) is 9.59 Å². The van der Waals surface area contributed by atoms with Crippen LogP contribution in [-0.4, -0.2) is 75.1 Å². The molecule has 1 atom stereocenters. The van der Waals surface area contributed by atoms with Gasteiger partial charge >= 0.3 is 0 Å². The van der Waals surface area contributed by atoms with Gasteiger partial charge in [0.05, 0.1) is 29.5 Å². The molecule has 26 heavy (non-hydrogen) atoms. The molecule has 1 spiro atoms. The molecule has 2 aromatic heterocycles. The van der Waals surface area contributed by atoms with E-state index < -0.39 is 0 Å². The van der Waals surface area contributed by atoms with Crippen molar-refractivity contribution in [2.24, 2.45) is 7.05 Å². The van der Waals surface area contributed by atoms with Crippen molar-refractivity contribution in [3.63, 3.8) is 0 Å². The van der Waals surface area contributed by atoms with Crippen LogP contribution in [0.2, 0.25) is 0 Å². The fourth-order valence-electron chi connectivity index (χ4n) is 3.88. The van der Waals surface area contributed by atoms with Crippen molar-refractivity contribution in [3.8, 4) is 0 Å². The van der Waals surface area contributed by atoms with Crippen molar-refractivity contribution < 1.29 is 9.59 Å². The number of hydrogen-bond acceptors (Lipinski definition) is 5. The molecule has 0 N–H and O–H groups in total. The number of likely N-dealkylation sites (N-methyl/N-ethyl adjacent to an activating group) is 1. The number of piperazine rings is 1. The summed E-state index contributed by atoms with van der Waals surface area (Å²) in [6, 6.07) is 3.56. The Morgan fingerprint density at radius 2 is 2.08 bits per heavy atom. The predicted octanol–water partition coefficient (Wildman–Crippen LogP) is 0.378. The Balaban J connectivity index is 1.56. The summed E-state index contributed by atoms with van der Waals surface area (Å²) in [4.78, 5) is 35.1. The molecule has 0 saturated carbocycles. The lowest BCUT2D eigenvalue weighted by atomic mass is 9.93. The zero-order chi connectivity index (χ0) is 18.3. The SMILES string of the molecule is CN1CC(=O)N(c2cnn(C)c2)C[C@]12CCN(C(=O)c1cccnc1)C2. The van der Waals surface area contributed by atoms with E-state index in [0.29, 0.717) is 31.7 Å². The smallest absolute Gasteiger partial charge is 0.255 e. The first kappa shape index (κ1) is 16.7. The minimum atomic E-state index is -0.235. The third-order valence-electron chi connectivity index (χ3n) is 5.47. The molecule has 2 amide bonds. The summed E-state index contributed by atoms with van der Waals surface area (Å²) < 4.78 is 1.69. The molecule has 2 aromatic rings. The van der Waals surface area contributed by atoms with Crippen LogP contribution in [0.3, 0.4) is 0 Å². The van der Waals surface area contributed by atoms with Crippen LogP contribution in [0.15, 0.2) is 36.9 Å². The molecule has 2 aliphatic rings. The molecule has 4 heterocycles. The van der Waals surface area contributed by atoms with Gasteiger partial charge in [-0.25, -0.2) is 0 Å². The molecule has 4 rings (SSSR count). The number of carbonyl (C=O) groups is 2. The topological polar surface area (TPSA) is 74.6 Å². The number of pyridine rings is 1. The Labute approximate surface area is 152 Å². The van der Waals surface area contributed by atoms with Crippen molar-refractivity contribution in [2.45, 2.75) is 12.0 Å². The van der Waals surface area contributed by atoms with E-state index in [4.69, 9.17) is 0 Å². The maximum absolute atomic E-state index is 12.8. The second-order valence-electron chi connectivity index (χ2n) is 7.15. The molecule has 0 radical (unpaired) electrons. The predicted molar refractivity (Wildman–Crippen MR) is 95.7 cm³/mol. The Kier molecular flexibility index (Phi) is 3.99. The maximum atomic E-state index is 12.8. The molecular formula is C18H22N6O2. The average molecular weight is 354 g/mol. The molecule has 2 saturated heterocycles. The highest BCUT2D eigenvalue weighted by molar-refractivity contribution is 5.96. The summed E-state index contributed by atoms with van der Waals surface area (Å²) in [7, 11) is 3.81. The van der Waals surface area contributed by atoms with Crippen LogP contribution < -0.4 is 4.90 Å². The Morgan fingerprint density at radius 3 is 2.77 bits per heavy atom. The summed E-state index contributed by atoms with van der Waals surface area (Å²) in [6.07, 6.45) is 7.66. The average Bonchev–Trinajstić information content (AvgIpc) is 3.26. The molecule has 136 valence electrons. The quantitative estimate of drug-likeness (QED) is 0.779. The lowest BCUT2D eigenvalue weighted by Gasteiger charge is -2.46. The van der Waals surface area contributed by atoms with Gasteiger partial charge in [-0.05, 0) is 25.6 Å². The van der Waals surface area contributed by atoms with Crippen molar-refractivity contribution in [1.29, 1.82) is 0 Å². The molecule has 0 aromatic carbocycles. The van der Waals surface area contributed by atoms with E-state index >= 15 is 0 Å². The highest BCUT2D eigenvalue weighted by atomic mass is 16.2. The first-order chi connectivity index (χ1) is 12.5. The van der Waals surface area contributed by atoms with Gasteiger partial charge in [0.1, 0.15) is 0 Å². The number of amides is 2. The van der Waals surface area contributed by atoms with E-state index in [0.717, 1.165) is 12.1 Å². The molecule has 0 unspecified atom stereocenters. The monoisotopic (exact) mass is 354 g/mol. The van der Waals surface area contributed by atoms with Gasteiger partial charge in [0.2, 0.25) is 5.91 Å². The van der Waals surface area contributed by atoms with Gasteiger partial charge in [0, 0.05) is 45.3 Å². The van der Waals surface area contributed by atoms with Crippen molar-refractivity contribution in [1.82, 2.24) is 24.6 Å². The van der Waals surface area contributed by atoms with Gasteiger partial charge in [0.25, 0.3) is 5.91 Å². The molecule has 8 heteroatoms. The number of nitrogens with zero attached hydrogens (tertiary/aromatic N) is 6. The molecule has 8 nitrogen and oxygen atoms in total. The summed E-state index contributed by atoms with van der Waals surface area (Å²) >= 11 is 0. The first-order valence-electron chi connectivity index (χ1n) is 8.68. The fourth-order valence-corrected chi connectivity index (χ4v) is 3.88.